The molecule has 2 aliphatic rings. The lowest BCUT2D eigenvalue weighted by Gasteiger charge is -2.44. The third kappa shape index (κ3) is 5.33. The van der Waals surface area contributed by atoms with Crippen molar-refractivity contribution in [3.63, 3.8) is 0 Å². The number of amides is 2. The van der Waals surface area contributed by atoms with Crippen LogP contribution in [0.15, 0.2) is 36.4 Å². The molecular weight excluding hydrogens is 472 g/mol. The summed E-state index contributed by atoms with van der Waals surface area (Å²) in [4.78, 5) is 31.4. The maximum absolute atomic E-state index is 14.1. The topological polar surface area (TPSA) is 77.5 Å². The lowest BCUT2D eigenvalue weighted by molar-refractivity contribution is -0.141. The fourth-order valence-corrected chi connectivity index (χ4v) is 5.92. The molecule has 0 aromatic heterocycles. The second kappa shape index (κ2) is 11.3. The molecule has 0 bridgehead atoms. The van der Waals surface area contributed by atoms with Crippen LogP contribution >= 0.6 is 0 Å². The highest BCUT2D eigenvalue weighted by atomic mass is 16.5. The number of carbonyl (C=O) groups is 2. The molecule has 8 heteroatoms. The van der Waals surface area contributed by atoms with Gasteiger partial charge in [0.15, 0.2) is 11.5 Å². The molecule has 2 aliphatic heterocycles. The second-order valence-corrected chi connectivity index (χ2v) is 10.2. The molecule has 37 heavy (non-hydrogen) atoms. The number of rotatable bonds is 7. The normalized spacial score (nSPS) is 24.0. The van der Waals surface area contributed by atoms with Crippen molar-refractivity contribution in [2.75, 3.05) is 46.4 Å². The van der Waals surface area contributed by atoms with Crippen molar-refractivity contribution < 1.29 is 28.5 Å². The summed E-state index contributed by atoms with van der Waals surface area (Å²) in [6, 6.07) is 10.7. The number of nitrogens with zero attached hydrogens (tertiary/aromatic N) is 2. The van der Waals surface area contributed by atoms with Crippen molar-refractivity contribution in [3.05, 3.63) is 42.0 Å². The molecule has 0 N–H and O–H groups in total. The van der Waals surface area contributed by atoms with Crippen molar-refractivity contribution in [1.29, 1.82) is 0 Å². The Hall–Kier alpha value is -3.42. The van der Waals surface area contributed by atoms with Gasteiger partial charge in [-0.2, -0.15) is 0 Å². The Morgan fingerprint density at radius 2 is 1.46 bits per heavy atom. The number of piperidine rings is 2. The largest absolute Gasteiger partial charge is 0.497 e. The molecule has 200 valence electrons. The Labute approximate surface area is 219 Å². The van der Waals surface area contributed by atoms with Crippen LogP contribution in [0.4, 0.5) is 5.69 Å². The first-order valence-corrected chi connectivity index (χ1v) is 12.9. The van der Waals surface area contributed by atoms with Gasteiger partial charge in [0.05, 0.1) is 46.1 Å². The van der Waals surface area contributed by atoms with Gasteiger partial charge >= 0.3 is 0 Å². The predicted molar refractivity (Wildman–Crippen MR) is 142 cm³/mol. The molecule has 2 amide bonds. The first-order chi connectivity index (χ1) is 17.8. The molecule has 8 nitrogen and oxygen atoms in total. The fourth-order valence-electron chi connectivity index (χ4n) is 5.92. The van der Waals surface area contributed by atoms with E-state index in [1.54, 1.807) is 45.5 Å². The van der Waals surface area contributed by atoms with Gasteiger partial charge in [0.25, 0.3) is 0 Å². The minimum atomic E-state index is -0.491. The highest BCUT2D eigenvalue weighted by molar-refractivity contribution is 5.98. The zero-order chi connectivity index (χ0) is 26.7. The van der Waals surface area contributed by atoms with Crippen molar-refractivity contribution >= 4 is 17.5 Å². The van der Waals surface area contributed by atoms with Gasteiger partial charge in [0.1, 0.15) is 5.75 Å². The lowest BCUT2D eigenvalue weighted by atomic mass is 9.81. The molecule has 0 radical (unpaired) electrons. The summed E-state index contributed by atoms with van der Waals surface area (Å²) in [7, 11) is 6.25. The zero-order valence-corrected chi connectivity index (χ0v) is 22.7. The maximum atomic E-state index is 14.1. The molecule has 2 saturated heterocycles. The molecule has 0 aliphatic carbocycles. The van der Waals surface area contributed by atoms with E-state index in [2.05, 4.69) is 13.8 Å². The molecular formula is C29H38N2O6. The van der Waals surface area contributed by atoms with Crippen molar-refractivity contribution in [2.45, 2.75) is 39.2 Å². The predicted octanol–water partition coefficient (Wildman–Crippen LogP) is 4.71. The smallest absolute Gasteiger partial charge is 0.228 e. The summed E-state index contributed by atoms with van der Waals surface area (Å²) >= 11 is 0. The van der Waals surface area contributed by atoms with Crippen molar-refractivity contribution in [1.82, 2.24) is 4.90 Å². The van der Waals surface area contributed by atoms with E-state index in [9.17, 15) is 9.59 Å². The van der Waals surface area contributed by atoms with Crippen LogP contribution in [0.1, 0.15) is 44.7 Å². The molecule has 0 saturated carbocycles. The highest BCUT2D eigenvalue weighted by Gasteiger charge is 2.44. The number of benzene rings is 2. The summed E-state index contributed by atoms with van der Waals surface area (Å²) in [5.74, 6) is 2.61. The monoisotopic (exact) mass is 510 g/mol. The number of likely N-dealkylation sites (tertiary alicyclic amines) is 1. The SMILES string of the molecule is COc1ccc([C@@H]2[C@H](C(=O)N3C[C@H](C)C[C@@H](C)C3)CCC(=O)N2c2cc(OC)c(OC)c(OC)c2)cc1. The third-order valence-corrected chi connectivity index (χ3v) is 7.48. The van der Waals surface area contributed by atoms with Crippen LogP contribution < -0.4 is 23.8 Å². The molecule has 2 aromatic carbocycles. The minimum absolute atomic E-state index is 0.0560. The Kier molecular flexibility index (Phi) is 8.15. The van der Waals surface area contributed by atoms with Gasteiger partial charge in [-0.1, -0.05) is 26.0 Å². The number of methoxy groups -OCH3 is 4. The van der Waals surface area contributed by atoms with Crippen LogP contribution in [0.25, 0.3) is 0 Å². The average Bonchev–Trinajstić information content (AvgIpc) is 2.91. The molecule has 0 spiro atoms. The summed E-state index contributed by atoms with van der Waals surface area (Å²) in [5, 5.41) is 0. The van der Waals surface area contributed by atoms with E-state index in [0.717, 1.165) is 25.1 Å². The molecule has 2 aromatic rings. The fraction of sp³-hybridized carbons (Fsp3) is 0.517. The van der Waals surface area contributed by atoms with E-state index in [0.29, 0.717) is 46.9 Å². The number of anilines is 1. The van der Waals surface area contributed by atoms with Gasteiger partial charge < -0.3 is 28.7 Å². The van der Waals surface area contributed by atoms with Crippen LogP contribution in [0.2, 0.25) is 0 Å². The van der Waals surface area contributed by atoms with E-state index >= 15 is 0 Å². The molecule has 2 heterocycles. The Bertz CT molecular complexity index is 1080. The molecule has 0 unspecified atom stereocenters. The standard InChI is InChI=1S/C29H38N2O6/c1-18-13-19(2)17-30(16-18)29(33)23-11-12-26(32)31(27(23)20-7-9-22(34-3)10-8-20)21-14-24(35-4)28(37-6)25(15-21)36-5/h7-10,14-15,18-19,23,27H,11-13,16-17H2,1-6H3/t18-,19-,23-,27-/m1/s1. The van der Waals surface area contributed by atoms with Crippen LogP contribution in [-0.2, 0) is 9.59 Å². The highest BCUT2D eigenvalue weighted by Crippen LogP contribution is 2.47. The quantitative estimate of drug-likeness (QED) is 0.537. The van der Waals surface area contributed by atoms with E-state index < -0.39 is 6.04 Å². The number of ether oxygens (including phenoxy) is 4. The van der Waals surface area contributed by atoms with Gasteiger partial charge in [0.2, 0.25) is 17.6 Å². The summed E-state index contributed by atoms with van der Waals surface area (Å²) in [6.45, 7) is 5.88. The minimum Gasteiger partial charge on any atom is -0.497 e. The van der Waals surface area contributed by atoms with Crippen LogP contribution in [0, 0.1) is 17.8 Å². The lowest BCUT2D eigenvalue weighted by Crippen LogP contribution is -2.52. The van der Waals surface area contributed by atoms with Crippen molar-refractivity contribution in [2.24, 2.45) is 17.8 Å². The van der Waals surface area contributed by atoms with Crippen LogP contribution in [0.5, 0.6) is 23.0 Å². The molecule has 4 rings (SSSR count). The summed E-state index contributed by atoms with van der Waals surface area (Å²) < 4.78 is 22.0. The van der Waals surface area contributed by atoms with Gasteiger partial charge in [-0.3, -0.25) is 9.59 Å². The van der Waals surface area contributed by atoms with Gasteiger partial charge in [-0.15, -0.1) is 0 Å². The number of carbonyl (C=O) groups excluding carboxylic acids is 2. The zero-order valence-electron chi connectivity index (χ0n) is 22.7. The van der Waals surface area contributed by atoms with E-state index in [1.807, 2.05) is 29.2 Å². The van der Waals surface area contributed by atoms with Crippen LogP contribution in [-0.4, -0.2) is 58.2 Å². The Balaban J connectivity index is 1.82. The van der Waals surface area contributed by atoms with Crippen LogP contribution in [0.3, 0.4) is 0 Å². The summed E-state index contributed by atoms with van der Waals surface area (Å²) in [5.41, 5.74) is 1.47. The molecule has 4 atom stereocenters. The van der Waals surface area contributed by atoms with Crippen molar-refractivity contribution in [3.8, 4) is 23.0 Å². The van der Waals surface area contributed by atoms with Gasteiger partial charge in [0, 0.05) is 31.6 Å². The second-order valence-electron chi connectivity index (χ2n) is 10.2. The number of hydrogen-bond donors (Lipinski definition) is 0. The summed E-state index contributed by atoms with van der Waals surface area (Å²) in [6.07, 6.45) is 1.89. The van der Waals surface area contributed by atoms with E-state index in [4.69, 9.17) is 18.9 Å². The Morgan fingerprint density at radius 3 is 1.97 bits per heavy atom. The maximum Gasteiger partial charge on any atom is 0.228 e. The van der Waals surface area contributed by atoms with Gasteiger partial charge in [-0.05, 0) is 42.4 Å². The number of hydrogen-bond acceptors (Lipinski definition) is 6. The Morgan fingerprint density at radius 1 is 0.865 bits per heavy atom. The third-order valence-electron chi connectivity index (χ3n) is 7.48. The van der Waals surface area contributed by atoms with E-state index in [-0.39, 0.29) is 24.2 Å². The average molecular weight is 511 g/mol. The first kappa shape index (κ1) is 26.6. The van der Waals surface area contributed by atoms with Gasteiger partial charge in [-0.25, -0.2) is 0 Å². The molecule has 2 fully saturated rings. The first-order valence-electron chi connectivity index (χ1n) is 12.9. The van der Waals surface area contributed by atoms with E-state index in [1.165, 1.54) is 0 Å².